The molecule has 1 atom stereocenters. The van der Waals surface area contributed by atoms with Gasteiger partial charge in [-0.3, -0.25) is 0 Å². The molecule has 7 nitrogen and oxygen atoms in total. The molecule has 0 amide bonds. The molecule has 0 saturated carbocycles. The molecule has 0 N–H and O–H groups in total. The Kier molecular flexibility index (Phi) is 5.14. The lowest BCUT2D eigenvalue weighted by atomic mass is 10.3. The van der Waals surface area contributed by atoms with Crippen LogP contribution in [0, 0.1) is 0 Å². The van der Waals surface area contributed by atoms with E-state index in [0.29, 0.717) is 9.93 Å². The van der Waals surface area contributed by atoms with Gasteiger partial charge in [-0.1, -0.05) is 23.4 Å². The molecule has 2 heterocycles. The molecular formula is C16H16ClN3O4S2. The third-order valence-electron chi connectivity index (χ3n) is 3.98. The highest BCUT2D eigenvalue weighted by atomic mass is 35.5. The minimum atomic E-state index is -0.884. The van der Waals surface area contributed by atoms with E-state index in [9.17, 15) is 9.59 Å². The molecule has 0 aliphatic carbocycles. The zero-order valence-electron chi connectivity index (χ0n) is 14.5. The first-order valence-corrected chi connectivity index (χ1v) is 9.49. The number of anilines is 1. The number of thioether (sulfide) groups is 2. The smallest absolute Gasteiger partial charge is 0.365 e. The van der Waals surface area contributed by atoms with E-state index in [1.165, 1.54) is 37.7 Å². The van der Waals surface area contributed by atoms with Crippen molar-refractivity contribution in [3.05, 3.63) is 39.9 Å². The number of hydrogen-bond donors (Lipinski definition) is 0. The lowest BCUT2D eigenvalue weighted by Gasteiger charge is -2.39. The van der Waals surface area contributed by atoms with Gasteiger partial charge in [0.05, 0.1) is 19.9 Å². The summed E-state index contributed by atoms with van der Waals surface area (Å²) < 4.78 is 8.83. The first-order chi connectivity index (χ1) is 12.3. The lowest BCUT2D eigenvalue weighted by Crippen LogP contribution is -2.47. The fourth-order valence-corrected chi connectivity index (χ4v) is 5.56. The Morgan fingerprint density at radius 1 is 1.12 bits per heavy atom. The molecule has 1 spiro atoms. The van der Waals surface area contributed by atoms with E-state index in [1.807, 2.05) is 18.9 Å². The highest BCUT2D eigenvalue weighted by Crippen LogP contribution is 2.58. The molecule has 0 bridgehead atoms. The van der Waals surface area contributed by atoms with Crippen molar-refractivity contribution < 1.29 is 19.1 Å². The van der Waals surface area contributed by atoms with Gasteiger partial charge in [0.2, 0.25) is 9.37 Å². The van der Waals surface area contributed by atoms with Gasteiger partial charge in [0.1, 0.15) is 4.91 Å². The van der Waals surface area contributed by atoms with E-state index >= 15 is 0 Å². The van der Waals surface area contributed by atoms with E-state index in [4.69, 9.17) is 21.1 Å². The maximum absolute atomic E-state index is 12.2. The SMILES string of the molecule is COC(=O)C1=NN(c2ccc(Cl)cc2)[C@@]2(S1)SC(C(=O)OC)=C(C)N2C. The first kappa shape index (κ1) is 18.9. The summed E-state index contributed by atoms with van der Waals surface area (Å²) in [6.45, 7) is 1.82. The Bertz CT molecular complexity index is 827. The molecule has 138 valence electrons. The molecule has 10 heteroatoms. The van der Waals surface area contributed by atoms with Crippen LogP contribution in [0.4, 0.5) is 5.69 Å². The van der Waals surface area contributed by atoms with Gasteiger partial charge in [-0.05, 0) is 43.0 Å². The molecule has 26 heavy (non-hydrogen) atoms. The third kappa shape index (κ3) is 2.93. The number of carbonyl (C=O) groups is 2. The van der Waals surface area contributed by atoms with Crippen molar-refractivity contribution in [2.24, 2.45) is 5.10 Å². The van der Waals surface area contributed by atoms with Crippen LogP contribution < -0.4 is 5.01 Å². The predicted molar refractivity (Wildman–Crippen MR) is 104 cm³/mol. The fourth-order valence-electron chi connectivity index (χ4n) is 2.51. The number of halogens is 1. The quantitative estimate of drug-likeness (QED) is 0.700. The zero-order valence-corrected chi connectivity index (χ0v) is 16.9. The molecule has 0 saturated heterocycles. The zero-order chi connectivity index (χ0) is 19.1. The van der Waals surface area contributed by atoms with Gasteiger partial charge in [0.15, 0.2) is 0 Å². The number of hydrogen-bond acceptors (Lipinski definition) is 9. The standard InChI is InChI=1S/C16H16ClN3O4S2/c1-9-12(14(21)23-3)25-16(19(9)2)20(11-7-5-10(17)6-8-11)18-13(26-16)15(22)24-4/h5-8H,1-4H3/t16-/m1/s1. The third-order valence-corrected chi connectivity index (χ3v) is 7.27. The van der Waals surface area contributed by atoms with Crippen LogP contribution >= 0.6 is 35.1 Å². The summed E-state index contributed by atoms with van der Waals surface area (Å²) in [5.41, 5.74) is 1.45. The molecule has 0 fully saturated rings. The number of rotatable bonds is 3. The van der Waals surface area contributed by atoms with E-state index in [-0.39, 0.29) is 5.04 Å². The summed E-state index contributed by atoms with van der Waals surface area (Å²) in [5.74, 6) is -0.969. The Hall–Kier alpha value is -1.84. The van der Waals surface area contributed by atoms with Crippen molar-refractivity contribution in [2.75, 3.05) is 26.3 Å². The predicted octanol–water partition coefficient (Wildman–Crippen LogP) is 3.07. The number of methoxy groups -OCH3 is 2. The van der Waals surface area contributed by atoms with Gasteiger partial charge in [-0.15, -0.1) is 0 Å². The van der Waals surface area contributed by atoms with Crippen molar-refractivity contribution in [3.8, 4) is 0 Å². The maximum Gasteiger partial charge on any atom is 0.365 e. The number of hydrazone groups is 1. The second kappa shape index (κ2) is 7.05. The molecule has 2 aliphatic heterocycles. The molecule has 0 radical (unpaired) electrons. The van der Waals surface area contributed by atoms with Crippen LogP contribution in [-0.4, -0.2) is 47.5 Å². The number of nitrogens with zero attached hydrogens (tertiary/aromatic N) is 3. The topological polar surface area (TPSA) is 71.4 Å². The highest BCUT2D eigenvalue weighted by Gasteiger charge is 2.56. The minimum Gasteiger partial charge on any atom is -0.465 e. The van der Waals surface area contributed by atoms with Gasteiger partial charge >= 0.3 is 11.9 Å². The summed E-state index contributed by atoms with van der Waals surface area (Å²) >= 11 is 8.47. The maximum atomic E-state index is 12.2. The summed E-state index contributed by atoms with van der Waals surface area (Å²) in [6.07, 6.45) is 0. The van der Waals surface area contributed by atoms with Gasteiger partial charge in [0, 0.05) is 17.8 Å². The van der Waals surface area contributed by atoms with Crippen molar-refractivity contribution in [3.63, 3.8) is 0 Å². The van der Waals surface area contributed by atoms with Gasteiger partial charge in [-0.25, -0.2) is 14.6 Å². The first-order valence-electron chi connectivity index (χ1n) is 7.48. The largest absolute Gasteiger partial charge is 0.465 e. The minimum absolute atomic E-state index is 0.195. The van der Waals surface area contributed by atoms with Gasteiger partial charge in [0.25, 0.3) is 0 Å². The summed E-state index contributed by atoms with van der Waals surface area (Å²) in [5, 5.41) is 6.92. The van der Waals surface area contributed by atoms with Crippen LogP contribution in [0.2, 0.25) is 5.02 Å². The second-order valence-corrected chi connectivity index (χ2v) is 8.44. The van der Waals surface area contributed by atoms with E-state index in [1.54, 1.807) is 29.3 Å². The van der Waals surface area contributed by atoms with Crippen LogP contribution in [0.15, 0.2) is 40.0 Å². The Balaban J connectivity index is 2.06. The molecule has 2 aliphatic rings. The van der Waals surface area contributed by atoms with E-state index in [0.717, 1.165) is 11.4 Å². The summed E-state index contributed by atoms with van der Waals surface area (Å²) in [4.78, 5) is 26.6. The lowest BCUT2D eigenvalue weighted by molar-refractivity contribution is -0.135. The van der Waals surface area contributed by atoms with Crippen LogP contribution in [0.1, 0.15) is 6.92 Å². The van der Waals surface area contributed by atoms with Crippen molar-refractivity contribution in [2.45, 2.75) is 11.3 Å². The molecule has 3 rings (SSSR count). The number of ether oxygens (including phenoxy) is 2. The van der Waals surface area contributed by atoms with E-state index in [2.05, 4.69) is 5.10 Å². The average molecular weight is 414 g/mol. The molecular weight excluding hydrogens is 398 g/mol. The van der Waals surface area contributed by atoms with Crippen molar-refractivity contribution in [1.29, 1.82) is 0 Å². The number of carbonyl (C=O) groups excluding carboxylic acids is 2. The Morgan fingerprint density at radius 2 is 1.73 bits per heavy atom. The number of esters is 2. The van der Waals surface area contributed by atoms with Crippen molar-refractivity contribution >= 4 is 57.8 Å². The Morgan fingerprint density at radius 3 is 2.31 bits per heavy atom. The van der Waals surface area contributed by atoms with Gasteiger partial charge in [-0.2, -0.15) is 5.10 Å². The van der Waals surface area contributed by atoms with E-state index < -0.39 is 16.3 Å². The molecule has 0 aromatic heterocycles. The van der Waals surface area contributed by atoms with Crippen molar-refractivity contribution in [1.82, 2.24) is 4.90 Å². The summed E-state index contributed by atoms with van der Waals surface area (Å²) in [6, 6.07) is 7.08. The molecule has 0 unspecified atom stereocenters. The number of allylic oxidation sites excluding steroid dienone is 1. The summed E-state index contributed by atoms with van der Waals surface area (Å²) in [7, 11) is 4.48. The molecule has 1 aromatic rings. The number of benzene rings is 1. The van der Waals surface area contributed by atoms with Crippen LogP contribution in [0.25, 0.3) is 0 Å². The average Bonchev–Trinajstić information content (AvgIpc) is 3.15. The van der Waals surface area contributed by atoms with Crippen LogP contribution in [0.5, 0.6) is 0 Å². The van der Waals surface area contributed by atoms with Crippen LogP contribution in [-0.2, 0) is 19.1 Å². The second-order valence-electron chi connectivity index (χ2n) is 5.40. The highest BCUT2D eigenvalue weighted by molar-refractivity contribution is 8.28. The monoisotopic (exact) mass is 413 g/mol. The van der Waals surface area contributed by atoms with Crippen LogP contribution in [0.3, 0.4) is 0 Å². The fraction of sp³-hybridized carbons (Fsp3) is 0.312. The normalized spacial score (nSPS) is 22.1. The Labute approximate surface area is 164 Å². The van der Waals surface area contributed by atoms with Gasteiger partial charge < -0.3 is 14.4 Å². The molecule has 1 aromatic carbocycles.